The van der Waals surface area contributed by atoms with Crippen LogP contribution in [-0.4, -0.2) is 58.4 Å². The molecule has 6 nitrogen and oxygen atoms in total. The van der Waals surface area contributed by atoms with Gasteiger partial charge in [0.1, 0.15) is 0 Å². The van der Waals surface area contributed by atoms with Gasteiger partial charge in [0.15, 0.2) is 0 Å². The molecule has 1 aliphatic rings. The summed E-state index contributed by atoms with van der Waals surface area (Å²) in [5.41, 5.74) is 0.684. The molecule has 0 unspecified atom stereocenters. The van der Waals surface area contributed by atoms with Gasteiger partial charge in [0.25, 0.3) is 0 Å². The van der Waals surface area contributed by atoms with Crippen molar-refractivity contribution in [2.45, 2.75) is 39.2 Å². The number of carbonyl (C=O) groups is 2. The minimum atomic E-state index is -0.244. The number of carbonyl (C=O) groups excluding carboxylic acids is 2. The van der Waals surface area contributed by atoms with Crippen molar-refractivity contribution in [3.8, 4) is 0 Å². The van der Waals surface area contributed by atoms with E-state index in [4.69, 9.17) is 0 Å². The van der Waals surface area contributed by atoms with Crippen LogP contribution in [0.1, 0.15) is 32.9 Å². The zero-order valence-electron chi connectivity index (χ0n) is 13.7. The number of rotatable bonds is 2. The van der Waals surface area contributed by atoms with Crippen molar-refractivity contribution in [3.05, 3.63) is 24.0 Å². The third-order valence-electron chi connectivity index (χ3n) is 3.62. The van der Waals surface area contributed by atoms with Crippen LogP contribution in [0.4, 0.5) is 4.79 Å². The van der Waals surface area contributed by atoms with E-state index >= 15 is 0 Å². The highest BCUT2D eigenvalue weighted by molar-refractivity contribution is 5.79. The Kier molecular flexibility index (Phi) is 5.11. The highest BCUT2D eigenvalue weighted by Gasteiger charge is 2.24. The molecule has 0 atom stereocenters. The minimum absolute atomic E-state index is 0.0498. The van der Waals surface area contributed by atoms with E-state index in [0.717, 1.165) is 12.1 Å². The summed E-state index contributed by atoms with van der Waals surface area (Å²) in [6.45, 7) is 8.47. The molecule has 0 saturated carbocycles. The second kappa shape index (κ2) is 6.85. The van der Waals surface area contributed by atoms with Gasteiger partial charge in [-0.15, -0.1) is 0 Å². The van der Waals surface area contributed by atoms with Crippen LogP contribution in [0.2, 0.25) is 0 Å². The monoisotopic (exact) mass is 306 g/mol. The van der Waals surface area contributed by atoms with Crippen LogP contribution in [0.3, 0.4) is 0 Å². The molecule has 0 bridgehead atoms. The van der Waals surface area contributed by atoms with E-state index in [9.17, 15) is 9.59 Å². The molecule has 0 aromatic carbocycles. The van der Waals surface area contributed by atoms with Crippen molar-refractivity contribution in [2.75, 3.05) is 26.2 Å². The van der Waals surface area contributed by atoms with Gasteiger partial charge in [0.05, 0.1) is 6.42 Å². The van der Waals surface area contributed by atoms with E-state index in [-0.39, 0.29) is 17.5 Å². The lowest BCUT2D eigenvalue weighted by molar-refractivity contribution is -0.130. The number of aromatic amines is 1. The summed E-state index contributed by atoms with van der Waals surface area (Å²) in [4.78, 5) is 31.2. The highest BCUT2D eigenvalue weighted by atomic mass is 16.2. The Hall–Kier alpha value is -1.98. The third kappa shape index (κ3) is 4.79. The number of hydrogen-bond donors (Lipinski definition) is 2. The molecule has 2 rings (SSSR count). The normalized spacial score (nSPS) is 16.3. The van der Waals surface area contributed by atoms with Crippen molar-refractivity contribution < 1.29 is 9.59 Å². The summed E-state index contributed by atoms with van der Waals surface area (Å²) in [7, 11) is 0. The lowest BCUT2D eigenvalue weighted by atomic mass is 10.1. The molecule has 3 amide bonds. The second-order valence-corrected chi connectivity index (χ2v) is 6.77. The van der Waals surface area contributed by atoms with Gasteiger partial charge in [0.2, 0.25) is 5.91 Å². The largest absolute Gasteiger partial charge is 0.365 e. The van der Waals surface area contributed by atoms with Crippen LogP contribution < -0.4 is 5.32 Å². The van der Waals surface area contributed by atoms with Gasteiger partial charge in [-0.05, 0) is 39.3 Å². The molecule has 22 heavy (non-hydrogen) atoms. The number of hydrogen-bond acceptors (Lipinski definition) is 2. The average Bonchev–Trinajstić information content (AvgIpc) is 2.78. The van der Waals surface area contributed by atoms with Gasteiger partial charge >= 0.3 is 6.03 Å². The zero-order chi connectivity index (χ0) is 16.2. The summed E-state index contributed by atoms with van der Waals surface area (Å²) in [6, 6.07) is 3.76. The summed E-state index contributed by atoms with van der Waals surface area (Å²) < 4.78 is 0. The lowest BCUT2D eigenvalue weighted by Crippen LogP contribution is -2.49. The van der Waals surface area contributed by atoms with Crippen molar-refractivity contribution in [2.24, 2.45) is 0 Å². The molecule has 0 aliphatic carbocycles. The summed E-state index contributed by atoms with van der Waals surface area (Å²) >= 11 is 0. The Morgan fingerprint density at radius 1 is 1.18 bits per heavy atom. The van der Waals surface area contributed by atoms with Gasteiger partial charge < -0.3 is 20.1 Å². The fraction of sp³-hybridized carbons (Fsp3) is 0.625. The first-order valence-electron chi connectivity index (χ1n) is 7.82. The molecular weight excluding hydrogens is 280 g/mol. The van der Waals surface area contributed by atoms with Crippen molar-refractivity contribution in [3.63, 3.8) is 0 Å². The number of nitrogens with zero attached hydrogens (tertiary/aromatic N) is 2. The van der Waals surface area contributed by atoms with Crippen LogP contribution in [-0.2, 0) is 11.2 Å². The summed E-state index contributed by atoms with van der Waals surface area (Å²) in [5, 5.41) is 2.98. The number of aromatic nitrogens is 1. The number of nitrogens with one attached hydrogen (secondary N) is 2. The van der Waals surface area contributed by atoms with Crippen LogP contribution >= 0.6 is 0 Å². The SMILES string of the molecule is CC(C)(C)NC(=O)N1CCCN(C(=O)Cc2ccc[nH]2)CC1. The van der Waals surface area contributed by atoms with Crippen LogP contribution in [0, 0.1) is 0 Å². The van der Waals surface area contributed by atoms with E-state index in [0.29, 0.717) is 32.6 Å². The minimum Gasteiger partial charge on any atom is -0.365 e. The zero-order valence-corrected chi connectivity index (χ0v) is 13.7. The average molecular weight is 306 g/mol. The highest BCUT2D eigenvalue weighted by Crippen LogP contribution is 2.08. The van der Waals surface area contributed by atoms with E-state index in [1.165, 1.54) is 0 Å². The van der Waals surface area contributed by atoms with Gasteiger partial charge in [0, 0.05) is 43.6 Å². The Balaban J connectivity index is 1.86. The maximum Gasteiger partial charge on any atom is 0.317 e. The van der Waals surface area contributed by atoms with Gasteiger partial charge in [-0.25, -0.2) is 4.79 Å². The molecule has 1 fully saturated rings. The summed E-state index contributed by atoms with van der Waals surface area (Å²) in [5.74, 6) is 0.112. The van der Waals surface area contributed by atoms with Crippen molar-refractivity contribution in [1.82, 2.24) is 20.1 Å². The first kappa shape index (κ1) is 16.4. The maximum atomic E-state index is 12.3. The molecule has 6 heteroatoms. The Morgan fingerprint density at radius 3 is 2.50 bits per heavy atom. The standard InChI is InChI=1S/C16H26N4O2/c1-16(2,3)18-15(22)20-9-5-8-19(10-11-20)14(21)12-13-6-4-7-17-13/h4,6-7,17H,5,8-12H2,1-3H3,(H,18,22). The predicted molar refractivity (Wildman–Crippen MR) is 85.6 cm³/mol. The molecule has 1 saturated heterocycles. The smallest absolute Gasteiger partial charge is 0.317 e. The fourth-order valence-corrected chi connectivity index (χ4v) is 2.52. The molecular formula is C16H26N4O2. The quantitative estimate of drug-likeness (QED) is 0.871. The van der Waals surface area contributed by atoms with Gasteiger partial charge in [-0.2, -0.15) is 0 Å². The van der Waals surface area contributed by atoms with E-state index in [2.05, 4.69) is 10.3 Å². The molecule has 0 radical (unpaired) electrons. The van der Waals surface area contributed by atoms with E-state index < -0.39 is 0 Å². The molecule has 1 aliphatic heterocycles. The van der Waals surface area contributed by atoms with Crippen LogP contribution in [0.25, 0.3) is 0 Å². The van der Waals surface area contributed by atoms with Gasteiger partial charge in [-0.1, -0.05) is 0 Å². The molecule has 2 N–H and O–H groups in total. The topological polar surface area (TPSA) is 68.4 Å². The number of amides is 3. The first-order chi connectivity index (χ1) is 10.3. The summed E-state index contributed by atoms with van der Waals surface area (Å²) in [6.07, 6.45) is 3.03. The number of H-pyrrole nitrogens is 1. The Labute approximate surface area is 131 Å². The lowest BCUT2D eigenvalue weighted by Gasteiger charge is -2.27. The molecule has 0 spiro atoms. The predicted octanol–water partition coefficient (Wildman–Crippen LogP) is 1.60. The Bertz CT molecular complexity index is 505. The number of urea groups is 1. The van der Waals surface area contributed by atoms with Gasteiger partial charge in [-0.3, -0.25) is 4.79 Å². The first-order valence-corrected chi connectivity index (χ1v) is 7.82. The van der Waals surface area contributed by atoms with Crippen molar-refractivity contribution in [1.29, 1.82) is 0 Å². The molecule has 1 aromatic rings. The van der Waals surface area contributed by atoms with E-state index in [1.807, 2.05) is 44.0 Å². The maximum absolute atomic E-state index is 12.3. The van der Waals surface area contributed by atoms with E-state index in [1.54, 1.807) is 4.90 Å². The molecule has 1 aromatic heterocycles. The van der Waals surface area contributed by atoms with Crippen LogP contribution in [0.5, 0.6) is 0 Å². The molecule has 122 valence electrons. The van der Waals surface area contributed by atoms with Crippen molar-refractivity contribution >= 4 is 11.9 Å². The fourth-order valence-electron chi connectivity index (χ4n) is 2.52. The molecule has 2 heterocycles. The third-order valence-corrected chi connectivity index (χ3v) is 3.62. The Morgan fingerprint density at radius 2 is 1.86 bits per heavy atom. The van der Waals surface area contributed by atoms with Crippen LogP contribution in [0.15, 0.2) is 18.3 Å². The second-order valence-electron chi connectivity index (χ2n) is 6.77.